The highest BCUT2D eigenvalue weighted by atomic mass is 79.9. The lowest BCUT2D eigenvalue weighted by atomic mass is 9.96. The fourth-order valence-electron chi connectivity index (χ4n) is 2.43. The summed E-state index contributed by atoms with van der Waals surface area (Å²) in [5.41, 5.74) is 3.33. The molecule has 0 aliphatic carbocycles. The molecule has 3 heteroatoms. The average Bonchev–Trinajstić information content (AvgIpc) is 2.45. The molecule has 2 rings (SSSR count). The summed E-state index contributed by atoms with van der Waals surface area (Å²) >= 11 is 3.41. The van der Waals surface area contributed by atoms with Gasteiger partial charge in [0.15, 0.2) is 0 Å². The number of nitrogens with one attached hydrogen (secondary N) is 1. The Hall–Kier alpha value is -1.19. The van der Waals surface area contributed by atoms with E-state index in [0.717, 1.165) is 22.9 Å². The van der Waals surface area contributed by atoms with Crippen LogP contribution in [0.3, 0.4) is 0 Å². The summed E-state index contributed by atoms with van der Waals surface area (Å²) in [5.74, 6) is -0.155. The van der Waals surface area contributed by atoms with Gasteiger partial charge in [0.05, 0.1) is 0 Å². The minimum Gasteiger partial charge on any atom is -0.313 e. The maximum atomic E-state index is 14.0. The van der Waals surface area contributed by atoms with Crippen LogP contribution in [0.4, 0.5) is 4.39 Å². The maximum Gasteiger partial charge on any atom is 0.128 e. The van der Waals surface area contributed by atoms with Crippen LogP contribution in [0.5, 0.6) is 0 Å². The van der Waals surface area contributed by atoms with E-state index in [2.05, 4.69) is 46.4 Å². The van der Waals surface area contributed by atoms with Crippen LogP contribution >= 0.6 is 15.9 Å². The molecule has 0 saturated heterocycles. The number of hydrogen-bond donors (Lipinski definition) is 1. The molecule has 1 nitrogen and oxygen atoms in total. The van der Waals surface area contributed by atoms with Crippen LogP contribution in [0.2, 0.25) is 0 Å². The highest BCUT2D eigenvalue weighted by Crippen LogP contribution is 2.25. The highest BCUT2D eigenvalue weighted by molar-refractivity contribution is 9.10. The molecule has 0 radical (unpaired) electrons. The first kappa shape index (κ1) is 15.2. The Morgan fingerprint density at radius 1 is 1.20 bits per heavy atom. The minimum atomic E-state index is -0.155. The Morgan fingerprint density at radius 3 is 2.65 bits per heavy atom. The molecule has 106 valence electrons. The molecular formula is C17H19BrFN. The minimum absolute atomic E-state index is 0.0205. The fraction of sp³-hybridized carbons (Fsp3) is 0.294. The second kappa shape index (κ2) is 7.00. The summed E-state index contributed by atoms with van der Waals surface area (Å²) < 4.78 is 14.9. The Morgan fingerprint density at radius 2 is 1.95 bits per heavy atom. The van der Waals surface area contributed by atoms with Crippen molar-refractivity contribution in [1.82, 2.24) is 5.32 Å². The van der Waals surface area contributed by atoms with Gasteiger partial charge in [-0.3, -0.25) is 0 Å². The summed E-state index contributed by atoms with van der Waals surface area (Å²) in [6.07, 6.45) is 1.80. The van der Waals surface area contributed by atoms with Gasteiger partial charge in [-0.2, -0.15) is 0 Å². The van der Waals surface area contributed by atoms with E-state index in [1.165, 1.54) is 17.2 Å². The molecule has 1 atom stereocenters. The summed E-state index contributed by atoms with van der Waals surface area (Å²) in [7, 11) is 1.88. The van der Waals surface area contributed by atoms with E-state index in [-0.39, 0.29) is 11.9 Å². The molecule has 0 aliphatic heterocycles. The zero-order valence-corrected chi connectivity index (χ0v) is 13.4. The molecule has 1 N–H and O–H groups in total. The molecule has 0 spiro atoms. The van der Waals surface area contributed by atoms with Gasteiger partial charge in [-0.05, 0) is 56.1 Å². The lowest BCUT2D eigenvalue weighted by Crippen LogP contribution is -2.18. The van der Waals surface area contributed by atoms with E-state index in [1.54, 1.807) is 6.07 Å². The maximum absolute atomic E-state index is 14.0. The Kier molecular flexibility index (Phi) is 5.32. The van der Waals surface area contributed by atoms with Crippen molar-refractivity contribution in [1.29, 1.82) is 0 Å². The lowest BCUT2D eigenvalue weighted by molar-refractivity contribution is 0.508. The van der Waals surface area contributed by atoms with Crippen LogP contribution in [0.25, 0.3) is 0 Å². The lowest BCUT2D eigenvalue weighted by Gasteiger charge is -2.18. The van der Waals surface area contributed by atoms with Crippen LogP contribution in [-0.4, -0.2) is 7.05 Å². The van der Waals surface area contributed by atoms with Gasteiger partial charge >= 0.3 is 0 Å². The third-order valence-corrected chi connectivity index (χ3v) is 4.14. The van der Waals surface area contributed by atoms with Gasteiger partial charge in [0.2, 0.25) is 0 Å². The van der Waals surface area contributed by atoms with Crippen LogP contribution in [0, 0.1) is 12.7 Å². The average molecular weight is 336 g/mol. The summed E-state index contributed by atoms with van der Waals surface area (Å²) in [5, 5.41) is 3.22. The van der Waals surface area contributed by atoms with Gasteiger partial charge in [-0.1, -0.05) is 40.2 Å². The Balaban J connectivity index is 2.13. The number of hydrogen-bond acceptors (Lipinski definition) is 1. The monoisotopic (exact) mass is 335 g/mol. The van der Waals surface area contributed by atoms with E-state index >= 15 is 0 Å². The van der Waals surface area contributed by atoms with Crippen LogP contribution in [0.1, 0.15) is 29.2 Å². The topological polar surface area (TPSA) is 12.0 Å². The number of benzene rings is 2. The Bertz CT molecular complexity index is 583. The second-order valence-electron chi connectivity index (χ2n) is 4.97. The van der Waals surface area contributed by atoms with Gasteiger partial charge in [0.25, 0.3) is 0 Å². The van der Waals surface area contributed by atoms with E-state index in [9.17, 15) is 4.39 Å². The third-order valence-electron chi connectivity index (χ3n) is 3.65. The first-order chi connectivity index (χ1) is 9.61. The van der Waals surface area contributed by atoms with Gasteiger partial charge in [-0.25, -0.2) is 4.39 Å². The zero-order valence-electron chi connectivity index (χ0n) is 11.8. The molecule has 0 aliphatic rings. The largest absolute Gasteiger partial charge is 0.313 e. The van der Waals surface area contributed by atoms with Gasteiger partial charge < -0.3 is 5.32 Å². The molecule has 0 heterocycles. The van der Waals surface area contributed by atoms with Crippen molar-refractivity contribution in [2.24, 2.45) is 0 Å². The summed E-state index contributed by atoms with van der Waals surface area (Å²) in [4.78, 5) is 0. The second-order valence-corrected chi connectivity index (χ2v) is 5.89. The SMILES string of the molecule is CNC(CCc1ccccc1C)c1cc(Br)ccc1F. The smallest absolute Gasteiger partial charge is 0.128 e. The molecule has 0 amide bonds. The van der Waals surface area contributed by atoms with Crippen molar-refractivity contribution in [3.63, 3.8) is 0 Å². The number of halogens is 2. The van der Waals surface area contributed by atoms with Crippen molar-refractivity contribution < 1.29 is 4.39 Å². The normalized spacial score (nSPS) is 12.4. The summed E-state index contributed by atoms with van der Waals surface area (Å²) in [6, 6.07) is 13.5. The molecule has 2 aromatic carbocycles. The Labute approximate surface area is 128 Å². The summed E-state index contributed by atoms with van der Waals surface area (Å²) in [6.45, 7) is 2.11. The van der Waals surface area contributed by atoms with E-state index in [0.29, 0.717) is 0 Å². The highest BCUT2D eigenvalue weighted by Gasteiger charge is 2.14. The van der Waals surface area contributed by atoms with Crippen LogP contribution < -0.4 is 5.32 Å². The van der Waals surface area contributed by atoms with E-state index < -0.39 is 0 Å². The quantitative estimate of drug-likeness (QED) is 0.828. The standard InChI is InChI=1S/C17H19BrFN/c1-12-5-3-4-6-13(12)7-10-17(20-2)15-11-14(18)8-9-16(15)19/h3-6,8-9,11,17,20H,7,10H2,1-2H3. The van der Waals surface area contributed by atoms with Crippen molar-refractivity contribution in [2.45, 2.75) is 25.8 Å². The first-order valence-corrected chi connectivity index (χ1v) is 7.58. The molecule has 0 fully saturated rings. The number of aryl methyl sites for hydroxylation is 2. The van der Waals surface area contributed by atoms with E-state index in [1.807, 2.05) is 19.2 Å². The van der Waals surface area contributed by atoms with Crippen LogP contribution in [-0.2, 0) is 6.42 Å². The first-order valence-electron chi connectivity index (χ1n) is 6.78. The molecule has 2 aromatic rings. The zero-order chi connectivity index (χ0) is 14.5. The van der Waals surface area contributed by atoms with E-state index in [4.69, 9.17) is 0 Å². The predicted molar refractivity (Wildman–Crippen MR) is 85.4 cm³/mol. The fourth-order valence-corrected chi connectivity index (χ4v) is 2.81. The molecule has 20 heavy (non-hydrogen) atoms. The molecule has 0 saturated carbocycles. The third kappa shape index (κ3) is 3.68. The molecular weight excluding hydrogens is 317 g/mol. The van der Waals surface area contributed by atoms with Crippen LogP contribution in [0.15, 0.2) is 46.9 Å². The van der Waals surface area contributed by atoms with Gasteiger partial charge in [-0.15, -0.1) is 0 Å². The number of rotatable bonds is 5. The van der Waals surface area contributed by atoms with Gasteiger partial charge in [0.1, 0.15) is 5.82 Å². The van der Waals surface area contributed by atoms with Gasteiger partial charge in [0, 0.05) is 16.1 Å². The molecule has 0 aromatic heterocycles. The molecule has 1 unspecified atom stereocenters. The van der Waals surface area contributed by atoms with Crippen molar-refractivity contribution in [3.05, 3.63) is 69.4 Å². The van der Waals surface area contributed by atoms with Crippen molar-refractivity contribution >= 4 is 15.9 Å². The van der Waals surface area contributed by atoms with Crippen molar-refractivity contribution in [3.8, 4) is 0 Å². The van der Waals surface area contributed by atoms with Crippen molar-refractivity contribution in [2.75, 3.05) is 7.05 Å². The predicted octanol–water partition coefficient (Wildman–Crippen LogP) is 4.79. The molecule has 0 bridgehead atoms.